The zero-order valence-corrected chi connectivity index (χ0v) is 23.3. The molecule has 0 aliphatic carbocycles. The number of fused-ring (bicyclic) bond motifs is 2. The Labute approximate surface area is 237 Å². The summed E-state index contributed by atoms with van der Waals surface area (Å²) in [7, 11) is 1.52. The molecule has 0 saturated heterocycles. The Morgan fingerprint density at radius 1 is 0.878 bits per heavy atom. The van der Waals surface area contributed by atoms with E-state index < -0.39 is 5.69 Å². The molecule has 0 unspecified atom stereocenters. The summed E-state index contributed by atoms with van der Waals surface area (Å²) in [5, 5.41) is 7.58. The van der Waals surface area contributed by atoms with Crippen LogP contribution < -0.4 is 16.0 Å². The fourth-order valence-corrected chi connectivity index (χ4v) is 5.19. The number of hydrogen-bond donors (Lipinski definition) is 0. The Bertz CT molecular complexity index is 1980. The molecule has 6 aromatic rings. The third kappa shape index (κ3) is 5.04. The smallest absolute Gasteiger partial charge is 0.332 e. The summed E-state index contributed by atoms with van der Waals surface area (Å²) in [6, 6.07) is 25.8. The van der Waals surface area contributed by atoms with E-state index in [4.69, 9.17) is 9.84 Å². The second-order valence-corrected chi connectivity index (χ2v) is 10.7. The van der Waals surface area contributed by atoms with Gasteiger partial charge in [0.25, 0.3) is 5.56 Å². The van der Waals surface area contributed by atoms with Gasteiger partial charge in [0.15, 0.2) is 5.65 Å². The Hall–Kier alpha value is -4.98. The van der Waals surface area contributed by atoms with Gasteiger partial charge in [-0.15, -0.1) is 0 Å². The molecule has 8 nitrogen and oxygen atoms in total. The van der Waals surface area contributed by atoms with Crippen molar-refractivity contribution in [2.45, 2.75) is 26.9 Å². The van der Waals surface area contributed by atoms with Gasteiger partial charge in [0.2, 0.25) is 0 Å². The lowest BCUT2D eigenvalue weighted by molar-refractivity contribution is 0.271. The molecule has 0 fully saturated rings. The highest BCUT2D eigenvalue weighted by atomic mass is 16.5. The zero-order chi connectivity index (χ0) is 28.5. The Balaban J connectivity index is 1.55. The van der Waals surface area contributed by atoms with Crippen molar-refractivity contribution in [2.24, 2.45) is 13.0 Å². The van der Waals surface area contributed by atoms with E-state index in [1.54, 1.807) is 17.0 Å². The van der Waals surface area contributed by atoms with Crippen molar-refractivity contribution < 1.29 is 4.74 Å². The molecule has 6 rings (SSSR count). The van der Waals surface area contributed by atoms with Crippen molar-refractivity contribution in [3.63, 3.8) is 0 Å². The molecule has 0 aliphatic heterocycles. The first-order chi connectivity index (χ1) is 19.9. The van der Waals surface area contributed by atoms with Gasteiger partial charge < -0.3 is 4.74 Å². The van der Waals surface area contributed by atoms with Crippen molar-refractivity contribution in [3.8, 4) is 17.0 Å². The van der Waals surface area contributed by atoms with E-state index in [-0.39, 0.29) is 12.1 Å². The lowest BCUT2D eigenvalue weighted by Gasteiger charge is -2.12. The Morgan fingerprint density at radius 2 is 1.63 bits per heavy atom. The molecule has 0 atom stereocenters. The Kier molecular flexibility index (Phi) is 6.97. The molecule has 3 heterocycles. The van der Waals surface area contributed by atoms with E-state index in [1.807, 2.05) is 59.3 Å². The van der Waals surface area contributed by atoms with Gasteiger partial charge in [-0.1, -0.05) is 68.4 Å². The van der Waals surface area contributed by atoms with Gasteiger partial charge in [-0.05, 0) is 52.1 Å². The minimum absolute atomic E-state index is 0.239. The monoisotopic (exact) mass is 545 g/mol. The summed E-state index contributed by atoms with van der Waals surface area (Å²) >= 11 is 0. The van der Waals surface area contributed by atoms with E-state index in [1.165, 1.54) is 7.05 Å². The predicted molar refractivity (Wildman–Crippen MR) is 161 cm³/mol. The summed E-state index contributed by atoms with van der Waals surface area (Å²) in [6.07, 6.45) is 3.39. The summed E-state index contributed by atoms with van der Waals surface area (Å²) in [4.78, 5) is 31.4. The molecular weight excluding hydrogens is 514 g/mol. The van der Waals surface area contributed by atoms with Crippen LogP contribution in [0.3, 0.4) is 0 Å². The molecule has 0 radical (unpaired) electrons. The fraction of sp³-hybridized carbons (Fsp3) is 0.212. The lowest BCUT2D eigenvalue weighted by atomic mass is 10.0. The molecule has 0 spiro atoms. The standard InChI is InChI=1S/C33H31N5O3/c1-22(2)21-41-27-12-6-8-23(18-27)19-37-31-29(32(39)36(3)33(37)40)30(25-14-16-34-17-15-25)38(35-31)20-26-11-7-10-24-9-4-5-13-28(24)26/h4-18,22H,19-21H2,1-3H3. The second-order valence-electron chi connectivity index (χ2n) is 10.7. The lowest BCUT2D eigenvalue weighted by Crippen LogP contribution is -2.38. The minimum atomic E-state index is -0.424. The number of aromatic nitrogens is 5. The maximum Gasteiger partial charge on any atom is 0.332 e. The van der Waals surface area contributed by atoms with Crippen LogP contribution in [0.15, 0.2) is 101 Å². The SMILES string of the molecule is CC(C)COc1cccc(Cn2c(=O)n(C)c(=O)c3c(-c4ccncc4)n(Cc4cccc5ccccc45)nc32)c1. The van der Waals surface area contributed by atoms with Crippen LogP contribution in [0.25, 0.3) is 33.1 Å². The molecule has 206 valence electrons. The number of pyridine rings is 1. The van der Waals surface area contributed by atoms with Crippen LogP contribution in [0, 0.1) is 5.92 Å². The minimum Gasteiger partial charge on any atom is -0.493 e. The van der Waals surface area contributed by atoms with Gasteiger partial charge in [-0.3, -0.25) is 23.6 Å². The topological polar surface area (TPSA) is 83.9 Å². The third-order valence-electron chi connectivity index (χ3n) is 7.20. The maximum atomic E-state index is 13.7. The average molecular weight is 546 g/mol. The molecule has 3 aromatic heterocycles. The fourth-order valence-electron chi connectivity index (χ4n) is 5.19. The highest BCUT2D eigenvalue weighted by molar-refractivity contribution is 5.91. The van der Waals surface area contributed by atoms with Gasteiger partial charge in [-0.2, -0.15) is 5.10 Å². The number of ether oxygens (including phenoxy) is 1. The molecule has 0 N–H and O–H groups in total. The highest BCUT2D eigenvalue weighted by Crippen LogP contribution is 2.28. The van der Waals surface area contributed by atoms with E-state index >= 15 is 0 Å². The molecular formula is C33H31N5O3. The second kappa shape index (κ2) is 10.9. The van der Waals surface area contributed by atoms with Crippen LogP contribution in [0.5, 0.6) is 5.75 Å². The van der Waals surface area contributed by atoms with Crippen molar-refractivity contribution in [1.29, 1.82) is 0 Å². The Morgan fingerprint density at radius 3 is 2.44 bits per heavy atom. The van der Waals surface area contributed by atoms with E-state index in [0.29, 0.717) is 35.8 Å². The first-order valence-corrected chi connectivity index (χ1v) is 13.7. The molecule has 41 heavy (non-hydrogen) atoms. The van der Waals surface area contributed by atoms with E-state index in [2.05, 4.69) is 43.1 Å². The molecule has 3 aromatic carbocycles. The van der Waals surface area contributed by atoms with Gasteiger partial charge >= 0.3 is 5.69 Å². The number of nitrogens with zero attached hydrogens (tertiary/aromatic N) is 5. The maximum absolute atomic E-state index is 13.7. The summed E-state index contributed by atoms with van der Waals surface area (Å²) < 4.78 is 10.5. The van der Waals surface area contributed by atoms with Gasteiger partial charge in [0, 0.05) is 25.0 Å². The average Bonchev–Trinajstić information content (AvgIpc) is 3.37. The molecule has 0 amide bonds. The van der Waals surface area contributed by atoms with Crippen molar-refractivity contribution in [3.05, 3.63) is 123 Å². The van der Waals surface area contributed by atoms with Crippen LogP contribution in [0.1, 0.15) is 25.0 Å². The first-order valence-electron chi connectivity index (χ1n) is 13.7. The van der Waals surface area contributed by atoms with Crippen molar-refractivity contribution in [1.82, 2.24) is 23.9 Å². The number of benzene rings is 3. The molecule has 8 heteroatoms. The van der Waals surface area contributed by atoms with Gasteiger partial charge in [0.05, 0.1) is 25.4 Å². The largest absolute Gasteiger partial charge is 0.493 e. The first kappa shape index (κ1) is 26.3. The summed E-state index contributed by atoms with van der Waals surface area (Å²) in [5.41, 5.74) is 2.93. The van der Waals surface area contributed by atoms with Crippen LogP contribution in [-0.2, 0) is 20.1 Å². The molecule has 0 saturated carbocycles. The number of rotatable bonds is 8. The number of hydrogen-bond acceptors (Lipinski definition) is 5. The third-order valence-corrected chi connectivity index (χ3v) is 7.20. The molecule has 0 aliphatic rings. The predicted octanol–water partition coefficient (Wildman–Crippen LogP) is 5.24. The molecule has 0 bridgehead atoms. The van der Waals surface area contributed by atoms with Crippen LogP contribution >= 0.6 is 0 Å². The zero-order valence-electron chi connectivity index (χ0n) is 23.3. The van der Waals surface area contributed by atoms with Crippen molar-refractivity contribution in [2.75, 3.05) is 6.61 Å². The van der Waals surface area contributed by atoms with E-state index in [0.717, 1.165) is 37.8 Å². The van der Waals surface area contributed by atoms with Crippen LogP contribution in [-0.4, -0.2) is 30.5 Å². The van der Waals surface area contributed by atoms with E-state index in [9.17, 15) is 9.59 Å². The highest BCUT2D eigenvalue weighted by Gasteiger charge is 2.23. The summed E-state index contributed by atoms with van der Waals surface area (Å²) in [6.45, 7) is 5.45. The normalized spacial score (nSPS) is 11.5. The summed E-state index contributed by atoms with van der Waals surface area (Å²) in [5.74, 6) is 1.13. The quantitative estimate of drug-likeness (QED) is 0.261. The van der Waals surface area contributed by atoms with Crippen LogP contribution in [0.4, 0.5) is 0 Å². The van der Waals surface area contributed by atoms with Gasteiger partial charge in [-0.25, -0.2) is 4.79 Å². The van der Waals surface area contributed by atoms with Crippen LogP contribution in [0.2, 0.25) is 0 Å². The van der Waals surface area contributed by atoms with Gasteiger partial charge in [0.1, 0.15) is 11.1 Å². The van der Waals surface area contributed by atoms with Crippen molar-refractivity contribution >= 4 is 21.8 Å².